The van der Waals surface area contributed by atoms with Crippen LogP contribution in [0, 0.1) is 17.4 Å². The van der Waals surface area contributed by atoms with Crippen LogP contribution < -0.4 is 14.8 Å². The van der Waals surface area contributed by atoms with E-state index >= 15 is 0 Å². The number of ether oxygens (including phenoxy) is 2. The van der Waals surface area contributed by atoms with Crippen molar-refractivity contribution in [1.29, 1.82) is 0 Å². The van der Waals surface area contributed by atoms with E-state index in [-0.39, 0.29) is 12.5 Å². The third-order valence-corrected chi connectivity index (χ3v) is 6.47. The molecule has 2 aromatic carbocycles. The van der Waals surface area contributed by atoms with Gasteiger partial charge in [-0.15, -0.1) is 0 Å². The maximum atomic E-state index is 12.5. The van der Waals surface area contributed by atoms with Crippen LogP contribution in [0.2, 0.25) is 0 Å². The summed E-state index contributed by atoms with van der Waals surface area (Å²) in [5, 5.41) is 2.92. The van der Waals surface area contributed by atoms with E-state index in [1.54, 1.807) is 0 Å². The van der Waals surface area contributed by atoms with Gasteiger partial charge in [-0.1, -0.05) is 24.4 Å². The average Bonchev–Trinajstić information content (AvgIpc) is 3.25. The van der Waals surface area contributed by atoms with E-state index in [1.165, 1.54) is 12.8 Å². The molecule has 1 amide bonds. The highest BCUT2D eigenvalue weighted by atomic mass is 127. The van der Waals surface area contributed by atoms with Gasteiger partial charge in [-0.2, -0.15) is 0 Å². The highest BCUT2D eigenvalue weighted by Gasteiger charge is 2.20. The van der Waals surface area contributed by atoms with Crippen LogP contribution in [0.25, 0.3) is 0 Å². The van der Waals surface area contributed by atoms with Gasteiger partial charge in [-0.05, 0) is 85.5 Å². The van der Waals surface area contributed by atoms with Crippen molar-refractivity contribution in [2.24, 2.45) is 0 Å². The lowest BCUT2D eigenvalue weighted by Crippen LogP contribution is -2.27. The van der Waals surface area contributed by atoms with Crippen LogP contribution in [0.4, 0.5) is 5.69 Å². The number of aryl methyl sites for hydroxylation is 1. The molecule has 160 valence electrons. The fourth-order valence-electron chi connectivity index (χ4n) is 3.41. The number of nitrogens with zero attached hydrogens (tertiary/aromatic N) is 1. The summed E-state index contributed by atoms with van der Waals surface area (Å²) in [5.74, 6) is 0.973. The number of anilines is 1. The maximum Gasteiger partial charge on any atom is 0.262 e. The fourth-order valence-corrected chi connectivity index (χ4v) is 4.47. The molecule has 0 spiro atoms. The molecule has 0 atom stereocenters. The Morgan fingerprint density at radius 1 is 1.20 bits per heavy atom. The van der Waals surface area contributed by atoms with Crippen molar-refractivity contribution in [2.45, 2.75) is 33.6 Å². The number of likely N-dealkylation sites (tertiary alicyclic amines) is 1. The Hall–Kier alpha value is -1.87. The number of hydrogen-bond acceptors (Lipinski definition) is 4. The van der Waals surface area contributed by atoms with Crippen LogP contribution in [0.15, 0.2) is 30.3 Å². The van der Waals surface area contributed by atoms with Crippen LogP contribution in [0.1, 0.15) is 36.5 Å². The molecule has 2 aromatic rings. The van der Waals surface area contributed by atoms with Gasteiger partial charge in [0, 0.05) is 24.3 Å². The third-order valence-electron chi connectivity index (χ3n) is 5.18. The van der Waals surface area contributed by atoms with Gasteiger partial charge in [0.05, 0.1) is 10.2 Å². The molecule has 5 nitrogen and oxygen atoms in total. The molecule has 3 rings (SSSR count). The minimum atomic E-state index is -0.210. The van der Waals surface area contributed by atoms with E-state index in [9.17, 15) is 4.79 Å². The lowest BCUT2D eigenvalue weighted by atomic mass is 10.1. The molecule has 1 saturated heterocycles. The first-order valence-corrected chi connectivity index (χ1v) is 11.6. The maximum absolute atomic E-state index is 12.5. The second-order valence-corrected chi connectivity index (χ2v) is 8.85. The number of carbonyl (C=O) groups excluding carboxylic acids is 1. The highest BCUT2D eigenvalue weighted by Crippen LogP contribution is 2.35. The van der Waals surface area contributed by atoms with Gasteiger partial charge < -0.3 is 19.7 Å². The van der Waals surface area contributed by atoms with Gasteiger partial charge in [-0.25, -0.2) is 0 Å². The average molecular weight is 538 g/mol. The van der Waals surface area contributed by atoms with E-state index < -0.39 is 0 Å². The number of nitrogens with one attached hydrogen (secondary N) is 1. The minimum absolute atomic E-state index is 0.0978. The molecule has 7 heteroatoms. The molecule has 0 unspecified atom stereocenters. The quantitative estimate of drug-likeness (QED) is 0.393. The van der Waals surface area contributed by atoms with E-state index in [0.29, 0.717) is 18.1 Å². The normalized spacial score (nSPS) is 13.3. The molecule has 0 saturated carbocycles. The Labute approximate surface area is 197 Å². The van der Waals surface area contributed by atoms with E-state index in [1.807, 2.05) is 51.1 Å². The zero-order valence-electron chi connectivity index (χ0n) is 17.6. The number of halogens is 1. The molecule has 0 aromatic heterocycles. The van der Waals surface area contributed by atoms with Gasteiger partial charge >= 0.3 is 0 Å². The molecule has 0 radical (unpaired) electrons. The van der Waals surface area contributed by atoms with Crippen molar-refractivity contribution in [3.8, 4) is 11.5 Å². The molecule has 1 aliphatic rings. The lowest BCUT2D eigenvalue weighted by Gasteiger charge is -2.21. The van der Waals surface area contributed by atoms with Crippen LogP contribution in [0.3, 0.4) is 0 Å². The molecule has 0 bridgehead atoms. The number of benzene rings is 2. The Kier molecular flexibility index (Phi) is 7.93. The molecule has 0 aliphatic carbocycles. The summed E-state index contributed by atoms with van der Waals surface area (Å²) in [6.07, 6.45) is 2.35. The fraction of sp³-hybridized carbons (Fsp3) is 0.391. The van der Waals surface area contributed by atoms with E-state index in [0.717, 1.165) is 44.0 Å². The largest absolute Gasteiger partial charge is 0.490 e. The summed E-state index contributed by atoms with van der Waals surface area (Å²) in [7, 11) is 0. The van der Waals surface area contributed by atoms with Crippen LogP contribution in [-0.4, -0.2) is 42.1 Å². The summed E-state index contributed by atoms with van der Waals surface area (Å²) in [5.41, 5.74) is 3.93. The topological polar surface area (TPSA) is 50.8 Å². The lowest BCUT2D eigenvalue weighted by molar-refractivity contribution is -0.118. The summed E-state index contributed by atoms with van der Waals surface area (Å²) in [6.45, 7) is 8.33. The number of hydrogen-bond donors (Lipinski definition) is 1. The van der Waals surface area contributed by atoms with Gasteiger partial charge in [-0.3, -0.25) is 4.79 Å². The summed E-state index contributed by atoms with van der Waals surface area (Å²) in [6, 6.07) is 9.76. The van der Waals surface area contributed by atoms with Gasteiger partial charge in [0.15, 0.2) is 18.1 Å². The van der Waals surface area contributed by atoms with Crippen molar-refractivity contribution in [1.82, 2.24) is 4.90 Å². The first-order valence-electron chi connectivity index (χ1n) is 10.1. The summed E-state index contributed by atoms with van der Waals surface area (Å²) in [4.78, 5) is 15.5. The number of carbonyl (C=O) groups is 1. The van der Waals surface area contributed by atoms with Crippen LogP contribution >= 0.6 is 34.8 Å². The van der Waals surface area contributed by atoms with Crippen LogP contribution in [0.5, 0.6) is 11.5 Å². The van der Waals surface area contributed by atoms with Crippen molar-refractivity contribution >= 4 is 51.4 Å². The Morgan fingerprint density at radius 3 is 2.63 bits per heavy atom. The standard InChI is InChI=1S/C23H27IN2O3S/c1-4-28-20-13-17(23(30)26-10-5-6-11-26)12-18(24)22(20)29-14-21(27)25-19-9-7-8-15(2)16(19)3/h7-9,12-13H,4-6,10-11,14H2,1-3H3,(H,25,27). The van der Waals surface area contributed by atoms with Gasteiger partial charge in [0.1, 0.15) is 4.99 Å². The monoisotopic (exact) mass is 538 g/mol. The van der Waals surface area contributed by atoms with Crippen LogP contribution in [-0.2, 0) is 4.79 Å². The van der Waals surface area contributed by atoms with E-state index in [4.69, 9.17) is 21.7 Å². The van der Waals surface area contributed by atoms with E-state index in [2.05, 4.69) is 32.8 Å². The van der Waals surface area contributed by atoms with Crippen molar-refractivity contribution < 1.29 is 14.3 Å². The smallest absolute Gasteiger partial charge is 0.262 e. The molecule has 1 heterocycles. The zero-order chi connectivity index (χ0) is 21.7. The molecule has 1 fully saturated rings. The summed E-state index contributed by atoms with van der Waals surface area (Å²) < 4.78 is 12.6. The van der Waals surface area contributed by atoms with Gasteiger partial charge in [0.2, 0.25) is 0 Å². The molecular weight excluding hydrogens is 511 g/mol. The Bertz CT molecular complexity index is 942. The number of amides is 1. The SMILES string of the molecule is CCOc1cc(C(=S)N2CCCC2)cc(I)c1OCC(=O)Nc1cccc(C)c1C. The Balaban J connectivity index is 1.73. The predicted octanol–water partition coefficient (Wildman–Crippen LogP) is 5.10. The van der Waals surface area contributed by atoms with Crippen molar-refractivity contribution in [2.75, 3.05) is 31.6 Å². The minimum Gasteiger partial charge on any atom is -0.490 e. The Morgan fingerprint density at radius 2 is 1.93 bits per heavy atom. The van der Waals surface area contributed by atoms with Crippen molar-refractivity contribution in [3.63, 3.8) is 0 Å². The molecule has 30 heavy (non-hydrogen) atoms. The first-order chi connectivity index (χ1) is 14.4. The second-order valence-electron chi connectivity index (χ2n) is 7.30. The second kappa shape index (κ2) is 10.4. The van der Waals surface area contributed by atoms with Crippen molar-refractivity contribution in [3.05, 3.63) is 50.6 Å². The number of thiocarbonyl (C=S) groups is 1. The molecule has 1 N–H and O–H groups in total. The third kappa shape index (κ3) is 5.43. The predicted molar refractivity (Wildman–Crippen MR) is 133 cm³/mol. The van der Waals surface area contributed by atoms with Gasteiger partial charge in [0.25, 0.3) is 5.91 Å². The molecule has 1 aliphatic heterocycles. The first kappa shape index (κ1) is 22.8. The molecular formula is C23H27IN2O3S. The number of rotatable bonds is 7. The highest BCUT2D eigenvalue weighted by molar-refractivity contribution is 14.1. The zero-order valence-corrected chi connectivity index (χ0v) is 20.6. The summed E-state index contributed by atoms with van der Waals surface area (Å²) >= 11 is 7.90.